The molecule has 12 heteroatoms. The molecule has 4 saturated heterocycles. The van der Waals surface area contributed by atoms with Crippen LogP contribution < -0.4 is 0 Å². The van der Waals surface area contributed by atoms with E-state index in [2.05, 4.69) is 20.8 Å². The van der Waals surface area contributed by atoms with E-state index in [0.717, 1.165) is 61.3 Å². The second kappa shape index (κ2) is 12.1. The molecule has 2 saturated carbocycles. The number of cyclic esters (lactones) is 1. The topological polar surface area (TPSA) is 126 Å². The van der Waals surface area contributed by atoms with Crippen molar-refractivity contribution in [1.29, 1.82) is 0 Å². The minimum Gasteiger partial charge on any atom is -0.466 e. The van der Waals surface area contributed by atoms with Crippen molar-refractivity contribution in [2.24, 2.45) is 17.3 Å². The van der Waals surface area contributed by atoms with E-state index in [0.29, 0.717) is 32.5 Å². The molecule has 1 unspecified atom stereocenters. The molecular weight excluding hydrogens is 645 g/mol. The van der Waals surface area contributed by atoms with E-state index in [-0.39, 0.29) is 54.1 Å². The Hall–Kier alpha value is -1.47. The Morgan fingerprint density at radius 2 is 1.81 bits per heavy atom. The first-order valence-electron chi connectivity index (χ1n) is 17.9. The van der Waals surface area contributed by atoms with Crippen molar-refractivity contribution in [3.05, 3.63) is 11.1 Å². The van der Waals surface area contributed by atoms with Gasteiger partial charge in [0, 0.05) is 28.4 Å². The van der Waals surface area contributed by atoms with Gasteiger partial charge in [-0.1, -0.05) is 48.8 Å². The first-order chi connectivity index (χ1) is 22.7. The van der Waals surface area contributed by atoms with Crippen LogP contribution in [-0.2, 0) is 42.7 Å². The minimum absolute atomic E-state index is 0.0862. The second-order valence-electron chi connectivity index (χ2n) is 15.3. The van der Waals surface area contributed by atoms with E-state index in [1.807, 2.05) is 21.6 Å². The monoisotopic (exact) mass is 692 g/mol. The highest BCUT2D eigenvalue weighted by Gasteiger charge is 3.01. The van der Waals surface area contributed by atoms with Crippen molar-refractivity contribution < 1.29 is 47.5 Å². The lowest BCUT2D eigenvalue weighted by molar-refractivity contribution is -0.144. The quantitative estimate of drug-likeness (QED) is 0.0689. The van der Waals surface area contributed by atoms with Crippen LogP contribution in [-0.4, -0.2) is 90.1 Å². The number of carbonyl (C=O) groups is 3. The molecule has 0 bridgehead atoms. The number of rotatable bonds is 14. The fourth-order valence-corrected chi connectivity index (χ4v) is 13.2. The number of esters is 2. The maximum atomic E-state index is 13.2. The summed E-state index contributed by atoms with van der Waals surface area (Å²) >= 11 is 0. The zero-order valence-corrected chi connectivity index (χ0v) is 29.4. The zero-order valence-electron chi connectivity index (χ0n) is 27.8. The smallest absolute Gasteiger partial charge is 0.466 e. The largest absolute Gasteiger partial charge is 0.508 e. The van der Waals surface area contributed by atoms with E-state index >= 15 is 0 Å². The van der Waals surface area contributed by atoms with Gasteiger partial charge in [-0.15, -0.1) is 0 Å². The van der Waals surface area contributed by atoms with Gasteiger partial charge >= 0.3 is 18.1 Å². The van der Waals surface area contributed by atoms with Gasteiger partial charge in [0.2, 0.25) is 0 Å². The first-order valence-corrected chi connectivity index (χ1v) is 20.3. The number of hydrogen-bond acceptors (Lipinski definition) is 12. The molecule has 47 heavy (non-hydrogen) atoms. The molecule has 0 amide bonds. The summed E-state index contributed by atoms with van der Waals surface area (Å²) in [4.78, 5) is 37.7. The molecule has 8 aliphatic rings. The van der Waals surface area contributed by atoms with Crippen LogP contribution >= 0.6 is 21.6 Å². The summed E-state index contributed by atoms with van der Waals surface area (Å²) in [5, 5.41) is 0.756. The van der Waals surface area contributed by atoms with Crippen LogP contribution in [0.1, 0.15) is 97.8 Å². The maximum Gasteiger partial charge on any atom is 0.508 e. The third-order valence-corrected chi connectivity index (χ3v) is 15.7. The van der Waals surface area contributed by atoms with E-state index in [1.54, 1.807) is 0 Å². The Balaban J connectivity index is 0.810. The predicted molar refractivity (Wildman–Crippen MR) is 174 cm³/mol. The Morgan fingerprint density at radius 1 is 1.00 bits per heavy atom. The van der Waals surface area contributed by atoms with Crippen molar-refractivity contribution in [3.8, 4) is 0 Å². The molecule has 0 N–H and O–H groups in total. The van der Waals surface area contributed by atoms with Gasteiger partial charge in [0.25, 0.3) is 0 Å². The van der Waals surface area contributed by atoms with Gasteiger partial charge in [0.05, 0.1) is 19.3 Å². The highest BCUT2D eigenvalue weighted by Crippen LogP contribution is 2.83. The van der Waals surface area contributed by atoms with E-state index in [1.165, 1.54) is 18.6 Å². The van der Waals surface area contributed by atoms with Gasteiger partial charge in [-0.05, 0) is 81.6 Å². The lowest BCUT2D eigenvalue weighted by atomic mass is 9.46. The van der Waals surface area contributed by atoms with Crippen LogP contribution in [0.15, 0.2) is 11.1 Å². The summed E-state index contributed by atoms with van der Waals surface area (Å²) in [6, 6.07) is 0. The van der Waals surface area contributed by atoms with Crippen LogP contribution in [0.3, 0.4) is 0 Å². The molecule has 0 aromatic rings. The van der Waals surface area contributed by atoms with Gasteiger partial charge < -0.3 is 33.2 Å². The van der Waals surface area contributed by atoms with Crippen LogP contribution in [0.4, 0.5) is 4.79 Å². The first kappa shape index (κ1) is 32.7. The number of unbranched alkanes of at least 4 members (excludes halogenated alkanes) is 4. The minimum atomic E-state index is -0.785. The van der Waals surface area contributed by atoms with E-state index in [9.17, 15) is 14.4 Å². The maximum absolute atomic E-state index is 13.2. The highest BCUT2D eigenvalue weighted by atomic mass is 33.1. The predicted octanol–water partition coefficient (Wildman–Crippen LogP) is 6.08. The van der Waals surface area contributed by atoms with Gasteiger partial charge in [-0.25, -0.2) is 9.59 Å². The van der Waals surface area contributed by atoms with Gasteiger partial charge in [-0.2, -0.15) is 0 Å². The summed E-state index contributed by atoms with van der Waals surface area (Å²) < 4.78 is 42.6. The molecule has 10 nitrogen and oxygen atoms in total. The molecule has 0 radical (unpaired) electrons. The van der Waals surface area contributed by atoms with Crippen LogP contribution in [0.25, 0.3) is 0 Å². The van der Waals surface area contributed by atoms with Crippen LogP contribution in [0.5, 0.6) is 0 Å². The van der Waals surface area contributed by atoms with Crippen molar-refractivity contribution in [3.63, 3.8) is 0 Å². The second-order valence-corrected chi connectivity index (χ2v) is 18.1. The molecule has 6 fully saturated rings. The Kier molecular flexibility index (Phi) is 8.42. The SMILES string of the molecule is CC(C)[C@]12O[C@H]1[C@@H]1O[C@]13[C@]1(O[C@H]1C[C@H]1C4=C(CC[C@@]13C)C(=O)OC4)[C@@H]2OC(=O)OCCCCCCOC(=O)CCCCC1CCSS1. The molecule has 8 rings (SSSR count). The summed E-state index contributed by atoms with van der Waals surface area (Å²) in [7, 11) is 3.95. The van der Waals surface area contributed by atoms with Crippen molar-refractivity contribution in [2.45, 2.75) is 144 Å². The number of carbonyl (C=O) groups excluding carboxylic acids is 3. The average Bonchev–Trinajstić information content (AvgIpc) is 3.99. The molecule has 0 aromatic heterocycles. The van der Waals surface area contributed by atoms with E-state index in [4.69, 9.17) is 33.2 Å². The van der Waals surface area contributed by atoms with Crippen molar-refractivity contribution >= 4 is 39.7 Å². The fraction of sp³-hybridized carbons (Fsp3) is 0.857. The fourth-order valence-electron chi connectivity index (χ4n) is 10.1. The molecule has 0 aromatic carbocycles. The van der Waals surface area contributed by atoms with Crippen molar-refractivity contribution in [1.82, 2.24) is 0 Å². The molecule has 5 heterocycles. The van der Waals surface area contributed by atoms with Gasteiger partial charge in [0.1, 0.15) is 30.0 Å². The lowest BCUT2D eigenvalue weighted by Gasteiger charge is -2.53. The third-order valence-electron chi connectivity index (χ3n) is 12.7. The molecule has 3 aliphatic carbocycles. The Bertz CT molecular complexity index is 1330. The molecule has 10 atom stereocenters. The highest BCUT2D eigenvalue weighted by molar-refractivity contribution is 8.77. The third kappa shape index (κ3) is 4.95. The molecule has 260 valence electrons. The Morgan fingerprint density at radius 3 is 2.57 bits per heavy atom. The number of hydrogen-bond donors (Lipinski definition) is 0. The summed E-state index contributed by atoms with van der Waals surface area (Å²) in [5.74, 6) is 1.17. The summed E-state index contributed by atoms with van der Waals surface area (Å²) in [6.45, 7) is 7.51. The van der Waals surface area contributed by atoms with Crippen molar-refractivity contribution in [2.75, 3.05) is 25.6 Å². The average molecular weight is 693 g/mol. The van der Waals surface area contributed by atoms with Crippen LogP contribution in [0, 0.1) is 17.3 Å². The van der Waals surface area contributed by atoms with Crippen LogP contribution in [0.2, 0.25) is 0 Å². The number of ether oxygens (including phenoxy) is 7. The standard InChI is InChI=1S/C35H48O10S2/c1-20(2)33-27(44-33)28-35(45-28)32(3)14-12-22-23(19-41-29(22)37)24(32)18-25-34(35,43-25)30(33)42-31(38)40-16-9-5-4-8-15-39-26(36)11-7-6-10-21-13-17-46-47-21/h20-21,24-25,27-28,30H,4-19H2,1-3H3/t21?,24-,25-,27-,28-,30+,32-,33-,34+,35+/m0/s1. The number of fused-ring (bicyclic) bond motifs is 4. The number of epoxide rings is 3. The molecular formula is C35H48O10S2. The summed E-state index contributed by atoms with van der Waals surface area (Å²) in [5.41, 5.74) is -0.446. The van der Waals surface area contributed by atoms with E-state index < -0.39 is 29.1 Å². The van der Waals surface area contributed by atoms with Gasteiger partial charge in [-0.3, -0.25) is 4.79 Å². The van der Waals surface area contributed by atoms with Gasteiger partial charge in [0.15, 0.2) is 11.7 Å². The Labute approximate surface area is 284 Å². The normalized spacial score (nSPS) is 43.1. The molecule has 2 spiro atoms. The zero-order chi connectivity index (χ0) is 32.6. The lowest BCUT2D eigenvalue weighted by Crippen LogP contribution is -2.70. The summed E-state index contributed by atoms with van der Waals surface area (Å²) in [6.07, 6.45) is 8.63. The molecule has 5 aliphatic heterocycles.